The van der Waals surface area contributed by atoms with Crippen molar-refractivity contribution in [3.05, 3.63) is 69.9 Å². The summed E-state index contributed by atoms with van der Waals surface area (Å²) in [5, 5.41) is 21.6. The molecule has 1 aromatic carbocycles. The third kappa shape index (κ3) is 4.35. The molecule has 140 valence electrons. The minimum atomic E-state index is -0.513. The van der Waals surface area contributed by atoms with Gasteiger partial charge in [0.2, 0.25) is 5.91 Å². The van der Waals surface area contributed by atoms with Crippen molar-refractivity contribution in [2.24, 2.45) is 0 Å². The molecule has 1 N–H and O–H groups in total. The third-order valence-corrected chi connectivity index (χ3v) is 4.02. The first kappa shape index (κ1) is 18.2. The van der Waals surface area contributed by atoms with Crippen LogP contribution in [0.1, 0.15) is 17.7 Å². The molecule has 10 heteroatoms. The van der Waals surface area contributed by atoms with E-state index < -0.39 is 4.92 Å². The summed E-state index contributed by atoms with van der Waals surface area (Å²) >= 11 is 0. The zero-order valence-electron chi connectivity index (χ0n) is 14.5. The first-order chi connectivity index (χ1) is 12.9. The van der Waals surface area contributed by atoms with Crippen molar-refractivity contribution in [1.29, 1.82) is 0 Å². The van der Waals surface area contributed by atoms with E-state index in [9.17, 15) is 19.3 Å². The van der Waals surface area contributed by atoms with E-state index in [1.165, 1.54) is 15.4 Å². The summed E-state index contributed by atoms with van der Waals surface area (Å²) in [6, 6.07) is 8.02. The van der Waals surface area contributed by atoms with Crippen LogP contribution >= 0.6 is 0 Å². The predicted octanol–water partition coefficient (Wildman–Crippen LogP) is 2.51. The second-order valence-corrected chi connectivity index (χ2v) is 5.88. The van der Waals surface area contributed by atoms with Crippen LogP contribution in [0.2, 0.25) is 0 Å². The number of amides is 1. The molecule has 2 heterocycles. The number of anilines is 1. The zero-order valence-corrected chi connectivity index (χ0v) is 14.5. The van der Waals surface area contributed by atoms with Crippen LogP contribution in [-0.4, -0.2) is 30.4 Å². The number of nitrogens with one attached hydrogen (secondary N) is 1. The number of hydrogen-bond acceptors (Lipinski definition) is 5. The van der Waals surface area contributed by atoms with Crippen molar-refractivity contribution >= 4 is 17.4 Å². The van der Waals surface area contributed by atoms with Crippen molar-refractivity contribution < 1.29 is 14.1 Å². The maximum atomic E-state index is 13.7. The van der Waals surface area contributed by atoms with Crippen LogP contribution in [0.4, 0.5) is 15.9 Å². The zero-order chi connectivity index (χ0) is 19.4. The fourth-order valence-corrected chi connectivity index (χ4v) is 2.57. The Labute approximate surface area is 153 Å². The van der Waals surface area contributed by atoms with Gasteiger partial charge in [-0.15, -0.1) is 0 Å². The van der Waals surface area contributed by atoms with Gasteiger partial charge in [0.05, 0.1) is 18.0 Å². The van der Waals surface area contributed by atoms with Crippen LogP contribution in [0, 0.1) is 22.9 Å². The van der Waals surface area contributed by atoms with Gasteiger partial charge in [-0.3, -0.25) is 24.3 Å². The molecule has 0 unspecified atom stereocenters. The molecule has 0 aliphatic carbocycles. The molecule has 2 aromatic heterocycles. The molecule has 1 amide bonds. The van der Waals surface area contributed by atoms with E-state index >= 15 is 0 Å². The van der Waals surface area contributed by atoms with Gasteiger partial charge in [-0.2, -0.15) is 10.2 Å². The molecule has 0 fully saturated rings. The van der Waals surface area contributed by atoms with Crippen LogP contribution in [0.15, 0.2) is 42.7 Å². The second-order valence-electron chi connectivity index (χ2n) is 5.88. The van der Waals surface area contributed by atoms with Crippen molar-refractivity contribution in [1.82, 2.24) is 19.6 Å². The number of aryl methyl sites for hydroxylation is 1. The Balaban J connectivity index is 1.55. The van der Waals surface area contributed by atoms with E-state index in [4.69, 9.17) is 0 Å². The van der Waals surface area contributed by atoms with E-state index in [0.717, 1.165) is 6.20 Å². The number of carbonyl (C=O) groups is 1. The monoisotopic (exact) mass is 372 g/mol. The summed E-state index contributed by atoms with van der Waals surface area (Å²) in [6.45, 7) is 2.04. The molecular weight excluding hydrogens is 355 g/mol. The standard InChI is InChI=1S/C17H17FN6O3/c1-12-15(24(26)27)10-19-23(12)9-7-17(25)20-16-6-8-22(21-16)11-13-4-2-3-5-14(13)18/h2-6,8,10H,7,9,11H2,1H3,(H,20,21,25). The lowest BCUT2D eigenvalue weighted by atomic mass is 10.2. The van der Waals surface area contributed by atoms with Gasteiger partial charge in [0.1, 0.15) is 17.7 Å². The molecule has 0 bridgehead atoms. The Kier molecular flexibility index (Phi) is 5.25. The van der Waals surface area contributed by atoms with Gasteiger partial charge >= 0.3 is 5.69 Å². The maximum absolute atomic E-state index is 13.7. The smallest absolute Gasteiger partial charge is 0.309 e. The first-order valence-electron chi connectivity index (χ1n) is 8.17. The summed E-state index contributed by atoms with van der Waals surface area (Å²) in [6.07, 6.45) is 2.89. The van der Waals surface area contributed by atoms with Crippen molar-refractivity contribution in [2.45, 2.75) is 26.4 Å². The highest BCUT2D eigenvalue weighted by Crippen LogP contribution is 2.16. The number of nitrogens with zero attached hydrogens (tertiary/aromatic N) is 5. The minimum Gasteiger partial charge on any atom is -0.309 e. The van der Waals surface area contributed by atoms with Crippen LogP contribution < -0.4 is 5.32 Å². The summed E-state index contributed by atoms with van der Waals surface area (Å²) in [5.41, 5.74) is 0.804. The molecule has 0 atom stereocenters. The first-order valence-corrected chi connectivity index (χ1v) is 8.17. The van der Waals surface area contributed by atoms with Gasteiger partial charge in [0.15, 0.2) is 5.82 Å². The SMILES string of the molecule is Cc1c([N+](=O)[O-])cnn1CCC(=O)Nc1ccn(Cc2ccccc2F)n1. The summed E-state index contributed by atoms with van der Waals surface area (Å²) in [7, 11) is 0. The maximum Gasteiger partial charge on any atom is 0.309 e. The van der Waals surface area contributed by atoms with Crippen LogP contribution in [0.5, 0.6) is 0 Å². The molecule has 0 aliphatic rings. The quantitative estimate of drug-likeness (QED) is 0.506. The van der Waals surface area contributed by atoms with E-state index in [2.05, 4.69) is 15.5 Å². The van der Waals surface area contributed by atoms with Crippen LogP contribution in [-0.2, 0) is 17.9 Å². The van der Waals surface area contributed by atoms with Crippen molar-refractivity contribution in [2.75, 3.05) is 5.32 Å². The molecule has 0 radical (unpaired) electrons. The largest absolute Gasteiger partial charge is 0.309 e. The van der Waals surface area contributed by atoms with Crippen molar-refractivity contribution in [3.63, 3.8) is 0 Å². The fourth-order valence-electron chi connectivity index (χ4n) is 2.57. The highest BCUT2D eigenvalue weighted by atomic mass is 19.1. The summed E-state index contributed by atoms with van der Waals surface area (Å²) in [5.74, 6) is -0.273. The fraction of sp³-hybridized carbons (Fsp3) is 0.235. The summed E-state index contributed by atoms with van der Waals surface area (Å²) in [4.78, 5) is 22.4. The topological polar surface area (TPSA) is 108 Å². The number of nitro groups is 1. The molecule has 0 saturated carbocycles. The summed E-state index contributed by atoms with van der Waals surface area (Å²) < 4.78 is 16.6. The van der Waals surface area contributed by atoms with E-state index in [1.807, 2.05) is 0 Å². The molecule has 3 rings (SSSR count). The second kappa shape index (κ2) is 7.77. The Morgan fingerprint density at radius 2 is 2.11 bits per heavy atom. The molecule has 9 nitrogen and oxygen atoms in total. The van der Waals surface area contributed by atoms with E-state index in [1.54, 1.807) is 37.4 Å². The lowest BCUT2D eigenvalue weighted by Gasteiger charge is -2.05. The minimum absolute atomic E-state index is 0.0812. The van der Waals surface area contributed by atoms with Gasteiger partial charge in [-0.25, -0.2) is 4.39 Å². The Bertz CT molecular complexity index is 981. The lowest BCUT2D eigenvalue weighted by Crippen LogP contribution is -2.16. The normalized spacial score (nSPS) is 10.7. The highest BCUT2D eigenvalue weighted by Gasteiger charge is 2.17. The molecular formula is C17H17FN6O3. The van der Waals surface area contributed by atoms with Gasteiger partial charge in [0.25, 0.3) is 0 Å². The van der Waals surface area contributed by atoms with Gasteiger partial charge < -0.3 is 5.32 Å². The van der Waals surface area contributed by atoms with Crippen LogP contribution in [0.3, 0.4) is 0 Å². The number of rotatable bonds is 7. The number of benzene rings is 1. The van der Waals surface area contributed by atoms with E-state index in [0.29, 0.717) is 17.1 Å². The molecule has 3 aromatic rings. The predicted molar refractivity (Wildman–Crippen MR) is 94.6 cm³/mol. The van der Waals surface area contributed by atoms with Gasteiger partial charge in [-0.05, 0) is 13.0 Å². The highest BCUT2D eigenvalue weighted by molar-refractivity contribution is 5.89. The number of hydrogen-bond donors (Lipinski definition) is 1. The average molecular weight is 372 g/mol. The number of aromatic nitrogens is 4. The van der Waals surface area contributed by atoms with Gasteiger partial charge in [0, 0.05) is 24.2 Å². The van der Waals surface area contributed by atoms with Crippen molar-refractivity contribution in [3.8, 4) is 0 Å². The molecule has 0 saturated heterocycles. The number of carbonyl (C=O) groups excluding carboxylic acids is 1. The molecule has 0 aliphatic heterocycles. The van der Waals surface area contributed by atoms with Crippen LogP contribution in [0.25, 0.3) is 0 Å². The molecule has 27 heavy (non-hydrogen) atoms. The average Bonchev–Trinajstić information content (AvgIpc) is 3.21. The third-order valence-electron chi connectivity index (χ3n) is 4.02. The Hall–Kier alpha value is -3.56. The Morgan fingerprint density at radius 1 is 1.33 bits per heavy atom. The van der Waals surface area contributed by atoms with E-state index in [-0.39, 0.29) is 36.9 Å². The van der Waals surface area contributed by atoms with Gasteiger partial charge in [-0.1, -0.05) is 18.2 Å². The number of halogens is 1. The lowest BCUT2D eigenvalue weighted by molar-refractivity contribution is -0.385. The molecule has 0 spiro atoms. The Morgan fingerprint density at radius 3 is 2.81 bits per heavy atom.